The summed E-state index contributed by atoms with van der Waals surface area (Å²) in [4.78, 5) is 37.1. The fraction of sp³-hybridized carbons (Fsp3) is 0.227. The van der Waals surface area contributed by atoms with E-state index in [1.807, 2.05) is 60.8 Å². The zero-order valence-electron chi connectivity index (χ0n) is 33.5. The van der Waals surface area contributed by atoms with Gasteiger partial charge in [0.2, 0.25) is 0 Å². The Bertz CT molecular complexity index is 2580. The van der Waals surface area contributed by atoms with Gasteiger partial charge in [0, 0.05) is 92.8 Å². The third-order valence-electron chi connectivity index (χ3n) is 10.3. The number of hydrogen-bond donors (Lipinski definition) is 5. The monoisotopic (exact) mass is 911 g/mol. The number of benzene rings is 4. The first kappa shape index (κ1) is 47.8. The maximum Gasteiger partial charge on any atom is 0.490 e. The Morgan fingerprint density at radius 2 is 1.33 bits per heavy atom. The molecule has 5 heterocycles. The minimum atomic E-state index is -5.08. The number of nitrogens with zero attached hydrogens (tertiary/aromatic N) is 5. The quantitative estimate of drug-likeness (QED) is 0.0995. The van der Waals surface area contributed by atoms with E-state index in [-0.39, 0.29) is 42.4 Å². The van der Waals surface area contributed by atoms with Gasteiger partial charge in [-0.2, -0.15) is 18.3 Å². The van der Waals surface area contributed by atoms with Gasteiger partial charge < -0.3 is 30.5 Å². The molecule has 332 valence electrons. The van der Waals surface area contributed by atoms with E-state index in [4.69, 9.17) is 14.9 Å². The zero-order chi connectivity index (χ0) is 42.9. The minimum absolute atomic E-state index is 0. The van der Waals surface area contributed by atoms with Gasteiger partial charge >= 0.3 is 12.1 Å². The number of fused-ring (bicyclic) bond motifs is 2. The van der Waals surface area contributed by atoms with Crippen molar-refractivity contribution in [1.29, 1.82) is 0 Å². The summed E-state index contributed by atoms with van der Waals surface area (Å²) in [7, 11) is 0. The molecule has 1 amide bonds. The van der Waals surface area contributed by atoms with Gasteiger partial charge in [-0.25, -0.2) is 18.6 Å². The Morgan fingerprint density at radius 1 is 0.730 bits per heavy atom. The largest absolute Gasteiger partial charge is 0.490 e. The maximum absolute atomic E-state index is 13.4. The molecule has 0 radical (unpaired) electrons. The number of alkyl halides is 3. The molecule has 0 atom stereocenters. The van der Waals surface area contributed by atoms with Crippen LogP contribution in [0.15, 0.2) is 116 Å². The van der Waals surface area contributed by atoms with Crippen molar-refractivity contribution in [1.82, 2.24) is 30.4 Å². The van der Waals surface area contributed by atoms with Crippen LogP contribution in [0.4, 0.5) is 39.0 Å². The Labute approximate surface area is 371 Å². The molecule has 5 N–H and O–H groups in total. The van der Waals surface area contributed by atoms with Crippen molar-refractivity contribution in [3.05, 3.63) is 139 Å². The maximum atomic E-state index is 13.4. The molecule has 2 aliphatic heterocycles. The van der Waals surface area contributed by atoms with Crippen molar-refractivity contribution in [2.24, 2.45) is 0 Å². The van der Waals surface area contributed by atoms with Gasteiger partial charge in [-0.3, -0.25) is 14.8 Å². The van der Waals surface area contributed by atoms with Crippen molar-refractivity contribution < 1.29 is 36.6 Å². The molecule has 2 aliphatic rings. The number of carbonyl (C=O) groups excluding carboxylic acids is 1. The van der Waals surface area contributed by atoms with Crippen molar-refractivity contribution in [2.45, 2.75) is 12.7 Å². The highest BCUT2D eigenvalue weighted by Gasteiger charge is 2.38. The number of aromatic amines is 2. The summed E-state index contributed by atoms with van der Waals surface area (Å²) >= 11 is 0. The number of rotatable bonds is 7. The molecule has 0 aliphatic carbocycles. The number of hydrogen-bond acceptors (Lipinski definition) is 8. The molecule has 4 aromatic carbocycles. The predicted molar refractivity (Wildman–Crippen MR) is 239 cm³/mol. The molecule has 12 nitrogen and oxygen atoms in total. The Kier molecular flexibility index (Phi) is 16.4. The van der Waals surface area contributed by atoms with Gasteiger partial charge in [-0.15, -0.1) is 24.8 Å². The molecule has 0 spiro atoms. The van der Waals surface area contributed by atoms with Crippen LogP contribution in [-0.2, 0) is 11.3 Å². The summed E-state index contributed by atoms with van der Waals surface area (Å²) in [5, 5.41) is 22.7. The normalized spacial score (nSPS) is 14.0. The number of halogens is 7. The second-order valence-corrected chi connectivity index (χ2v) is 14.3. The van der Waals surface area contributed by atoms with E-state index in [0.29, 0.717) is 17.9 Å². The smallest absolute Gasteiger partial charge is 0.475 e. The summed E-state index contributed by atoms with van der Waals surface area (Å²) in [6.45, 7) is 8.09. The molecule has 63 heavy (non-hydrogen) atoms. The summed E-state index contributed by atoms with van der Waals surface area (Å²) < 4.78 is 57.6. The van der Waals surface area contributed by atoms with Crippen LogP contribution in [0, 0.1) is 11.6 Å². The van der Waals surface area contributed by atoms with Gasteiger partial charge in [0.1, 0.15) is 17.3 Å². The highest BCUT2D eigenvalue weighted by Crippen LogP contribution is 2.34. The van der Waals surface area contributed by atoms with E-state index in [2.05, 4.69) is 58.7 Å². The second-order valence-electron chi connectivity index (χ2n) is 14.3. The summed E-state index contributed by atoms with van der Waals surface area (Å²) in [5.74, 6) is -3.42. The SMILES string of the molecule is Cl.Cl.Fc1ccc(N2CCNCC2)cc1.O=C(Nc1cc(-c2cccc3[nH]ccc23)cc2[nH]ncc12)c1cccc(CN2CCN(c3ccc(F)cc3)CC2)n1.O=C(O)C(F)(F)F. The third-order valence-corrected chi connectivity index (χ3v) is 10.3. The number of amides is 1. The third kappa shape index (κ3) is 12.4. The summed E-state index contributed by atoms with van der Waals surface area (Å²) in [6, 6.07) is 31.1. The number of anilines is 3. The fourth-order valence-corrected chi connectivity index (χ4v) is 7.15. The van der Waals surface area contributed by atoms with E-state index in [9.17, 15) is 26.7 Å². The lowest BCUT2D eigenvalue weighted by molar-refractivity contribution is -0.192. The van der Waals surface area contributed by atoms with E-state index < -0.39 is 12.1 Å². The molecular weight excluding hydrogens is 868 g/mol. The average Bonchev–Trinajstić information content (AvgIpc) is 3.96. The summed E-state index contributed by atoms with van der Waals surface area (Å²) in [5.41, 5.74) is 7.96. The van der Waals surface area contributed by atoms with E-state index in [1.165, 1.54) is 24.3 Å². The van der Waals surface area contributed by atoms with Crippen molar-refractivity contribution in [3.63, 3.8) is 0 Å². The molecule has 9 rings (SSSR count). The number of carboxylic acid groups (broad SMARTS) is 1. The number of aliphatic carboxylic acids is 1. The Balaban J connectivity index is 0.000000282. The zero-order valence-corrected chi connectivity index (χ0v) is 35.2. The predicted octanol–water partition coefficient (Wildman–Crippen LogP) is 8.53. The van der Waals surface area contributed by atoms with Crippen molar-refractivity contribution in [2.75, 3.05) is 67.5 Å². The molecule has 0 unspecified atom stereocenters. The van der Waals surface area contributed by atoms with Crippen LogP contribution < -0.4 is 20.4 Å². The first-order valence-electron chi connectivity index (χ1n) is 19.5. The number of piperazine rings is 2. The summed E-state index contributed by atoms with van der Waals surface area (Å²) in [6.07, 6.45) is -1.43. The highest BCUT2D eigenvalue weighted by molar-refractivity contribution is 6.09. The first-order valence-corrected chi connectivity index (χ1v) is 19.5. The number of carbonyl (C=O) groups is 2. The fourth-order valence-electron chi connectivity index (χ4n) is 7.15. The Morgan fingerprint density at radius 3 is 1.95 bits per heavy atom. The lowest BCUT2D eigenvalue weighted by Crippen LogP contribution is -2.46. The lowest BCUT2D eigenvalue weighted by Gasteiger charge is -2.36. The van der Waals surface area contributed by atoms with Crippen LogP contribution in [0.25, 0.3) is 32.9 Å². The van der Waals surface area contributed by atoms with Gasteiger partial charge in [0.05, 0.1) is 23.1 Å². The molecule has 2 fully saturated rings. The molecule has 3 aromatic heterocycles. The van der Waals surface area contributed by atoms with Crippen LogP contribution >= 0.6 is 24.8 Å². The van der Waals surface area contributed by atoms with Crippen molar-refractivity contribution >= 4 is 75.6 Å². The topological polar surface area (TPSA) is 146 Å². The molecule has 19 heteroatoms. The molecular formula is C44H44Cl2F5N9O3. The van der Waals surface area contributed by atoms with Gasteiger partial charge in [-0.1, -0.05) is 18.2 Å². The van der Waals surface area contributed by atoms with E-state index in [0.717, 1.165) is 102 Å². The Hall–Kier alpha value is -6.27. The van der Waals surface area contributed by atoms with Crippen LogP contribution in [0.2, 0.25) is 0 Å². The first-order chi connectivity index (χ1) is 29.4. The van der Waals surface area contributed by atoms with Gasteiger partial charge in [0.15, 0.2) is 0 Å². The van der Waals surface area contributed by atoms with Crippen LogP contribution in [0.3, 0.4) is 0 Å². The number of pyridine rings is 1. The molecule has 2 saturated heterocycles. The number of nitrogens with one attached hydrogen (secondary N) is 4. The van der Waals surface area contributed by atoms with Gasteiger partial charge in [-0.05, 0) is 96.1 Å². The molecule has 7 aromatic rings. The second kappa shape index (κ2) is 21.7. The average molecular weight is 913 g/mol. The number of carboxylic acids is 1. The molecule has 0 bridgehead atoms. The number of H-pyrrole nitrogens is 2. The van der Waals surface area contributed by atoms with E-state index >= 15 is 0 Å². The molecule has 0 saturated carbocycles. The lowest BCUT2D eigenvalue weighted by atomic mass is 9.99. The van der Waals surface area contributed by atoms with Gasteiger partial charge in [0.25, 0.3) is 5.91 Å². The van der Waals surface area contributed by atoms with Crippen LogP contribution in [0.1, 0.15) is 16.2 Å². The van der Waals surface area contributed by atoms with Crippen LogP contribution in [-0.4, -0.2) is 101 Å². The standard InChI is InChI=1S/C32H28FN7O.C10H13FN2.C2HF3O2.2ClH/c33-22-7-9-24(10-8-22)40-15-13-39(14-16-40)20-23-3-1-6-29(36-23)32(41)37-30-17-21(18-31-27(30)19-35-38-31)25-4-2-5-28-26(25)11-12-34-28;11-9-1-3-10(4-2-9)13-7-5-12-6-8-13;3-2(4,5)1(6)7;;/h1-12,17-19,34H,13-16,20H2,(H,35,38)(H,37,41);1-4,12H,5-8H2;(H,6,7);2*1H. The highest BCUT2D eigenvalue weighted by atomic mass is 35.5. The van der Waals surface area contributed by atoms with Crippen molar-refractivity contribution in [3.8, 4) is 11.1 Å². The minimum Gasteiger partial charge on any atom is -0.475 e. The number of aromatic nitrogens is 4. The van der Waals surface area contributed by atoms with Crippen LogP contribution in [0.5, 0.6) is 0 Å². The van der Waals surface area contributed by atoms with E-state index in [1.54, 1.807) is 12.3 Å².